The van der Waals surface area contributed by atoms with Crippen molar-refractivity contribution in [2.45, 2.75) is 25.9 Å². The summed E-state index contributed by atoms with van der Waals surface area (Å²) in [4.78, 5) is 4.34. The van der Waals surface area contributed by atoms with Gasteiger partial charge in [0.25, 0.3) is 0 Å². The predicted molar refractivity (Wildman–Crippen MR) is 76.0 cm³/mol. The molecule has 1 aliphatic heterocycles. The van der Waals surface area contributed by atoms with E-state index in [9.17, 15) is 0 Å². The molecule has 2 N–H and O–H groups in total. The van der Waals surface area contributed by atoms with Crippen molar-refractivity contribution in [1.82, 2.24) is 10.3 Å². The van der Waals surface area contributed by atoms with E-state index in [1.165, 1.54) is 16.8 Å². The van der Waals surface area contributed by atoms with E-state index in [1.54, 1.807) is 11.3 Å². The van der Waals surface area contributed by atoms with Crippen LogP contribution in [-0.4, -0.2) is 11.5 Å². The lowest BCUT2D eigenvalue weighted by atomic mass is 10.1. The SMILES string of the molecule is CC(NCc1cccc2c1NCC2)c1nccs1. The van der Waals surface area contributed by atoms with Gasteiger partial charge in [0.15, 0.2) is 0 Å². The van der Waals surface area contributed by atoms with Crippen molar-refractivity contribution >= 4 is 17.0 Å². The molecule has 0 aliphatic carbocycles. The molecule has 2 aromatic rings. The van der Waals surface area contributed by atoms with Crippen molar-refractivity contribution in [3.05, 3.63) is 45.9 Å². The highest BCUT2D eigenvalue weighted by Crippen LogP contribution is 2.26. The number of thiazole rings is 1. The highest BCUT2D eigenvalue weighted by Gasteiger charge is 2.14. The second-order valence-corrected chi connectivity index (χ2v) is 5.53. The first kappa shape index (κ1) is 11.7. The van der Waals surface area contributed by atoms with Gasteiger partial charge in [0.1, 0.15) is 5.01 Å². The maximum absolute atomic E-state index is 4.34. The number of nitrogens with one attached hydrogen (secondary N) is 2. The van der Waals surface area contributed by atoms with Gasteiger partial charge in [-0.25, -0.2) is 4.98 Å². The summed E-state index contributed by atoms with van der Waals surface area (Å²) in [6.45, 7) is 4.11. The van der Waals surface area contributed by atoms with Gasteiger partial charge in [0.2, 0.25) is 0 Å². The second-order valence-electron chi connectivity index (χ2n) is 4.60. The molecule has 2 heterocycles. The summed E-state index contributed by atoms with van der Waals surface area (Å²) in [6, 6.07) is 6.86. The Morgan fingerprint density at radius 3 is 3.28 bits per heavy atom. The molecule has 3 rings (SSSR count). The van der Waals surface area contributed by atoms with Crippen molar-refractivity contribution in [3.63, 3.8) is 0 Å². The van der Waals surface area contributed by atoms with Gasteiger partial charge in [-0.1, -0.05) is 18.2 Å². The zero-order valence-corrected chi connectivity index (χ0v) is 11.3. The largest absolute Gasteiger partial charge is 0.384 e. The van der Waals surface area contributed by atoms with Crippen LogP contribution in [0.1, 0.15) is 29.1 Å². The monoisotopic (exact) mass is 259 g/mol. The van der Waals surface area contributed by atoms with Crippen LogP contribution in [0.4, 0.5) is 5.69 Å². The van der Waals surface area contributed by atoms with E-state index in [0.29, 0.717) is 6.04 Å². The van der Waals surface area contributed by atoms with E-state index in [4.69, 9.17) is 0 Å². The summed E-state index contributed by atoms with van der Waals surface area (Å²) in [5.41, 5.74) is 4.13. The fraction of sp³-hybridized carbons (Fsp3) is 0.357. The Labute approximate surface area is 111 Å². The van der Waals surface area contributed by atoms with Gasteiger partial charge in [-0.05, 0) is 24.5 Å². The minimum Gasteiger partial charge on any atom is -0.384 e. The third kappa shape index (κ3) is 2.26. The Morgan fingerprint density at radius 2 is 2.44 bits per heavy atom. The summed E-state index contributed by atoms with van der Waals surface area (Å²) in [6.07, 6.45) is 3.01. The van der Waals surface area contributed by atoms with Crippen molar-refractivity contribution in [2.24, 2.45) is 0 Å². The van der Waals surface area contributed by atoms with Crippen molar-refractivity contribution in [2.75, 3.05) is 11.9 Å². The van der Waals surface area contributed by atoms with Gasteiger partial charge in [0, 0.05) is 30.4 Å². The molecule has 0 saturated heterocycles. The van der Waals surface area contributed by atoms with Crippen LogP contribution in [0.3, 0.4) is 0 Å². The Bertz CT molecular complexity index is 522. The molecular formula is C14H17N3S. The van der Waals surface area contributed by atoms with E-state index in [2.05, 4.69) is 40.7 Å². The van der Waals surface area contributed by atoms with Crippen LogP contribution < -0.4 is 10.6 Å². The number of hydrogen-bond donors (Lipinski definition) is 2. The summed E-state index contributed by atoms with van der Waals surface area (Å²) >= 11 is 1.70. The zero-order chi connectivity index (χ0) is 12.4. The summed E-state index contributed by atoms with van der Waals surface area (Å²) in [7, 11) is 0. The molecule has 0 fully saturated rings. The minimum atomic E-state index is 0.308. The van der Waals surface area contributed by atoms with Gasteiger partial charge < -0.3 is 10.6 Å². The third-order valence-electron chi connectivity index (χ3n) is 3.35. The maximum atomic E-state index is 4.34. The molecule has 0 saturated carbocycles. The van der Waals surface area contributed by atoms with Crippen LogP contribution >= 0.6 is 11.3 Å². The van der Waals surface area contributed by atoms with Crippen LogP contribution in [0.2, 0.25) is 0 Å². The predicted octanol–water partition coefficient (Wildman–Crippen LogP) is 2.96. The first-order chi connectivity index (χ1) is 8.84. The number of anilines is 1. The van der Waals surface area contributed by atoms with Gasteiger partial charge in [0.05, 0.1) is 6.04 Å². The number of hydrogen-bond acceptors (Lipinski definition) is 4. The fourth-order valence-electron chi connectivity index (χ4n) is 2.36. The first-order valence-corrected chi connectivity index (χ1v) is 7.20. The van der Waals surface area contributed by atoms with E-state index < -0.39 is 0 Å². The summed E-state index contributed by atoms with van der Waals surface area (Å²) < 4.78 is 0. The van der Waals surface area contributed by atoms with E-state index in [1.807, 2.05) is 11.6 Å². The number of nitrogens with zero attached hydrogens (tertiary/aromatic N) is 1. The van der Waals surface area contributed by atoms with Crippen LogP contribution in [0.25, 0.3) is 0 Å². The second kappa shape index (κ2) is 5.08. The Balaban J connectivity index is 1.69. The lowest BCUT2D eigenvalue weighted by molar-refractivity contribution is 0.572. The Hall–Kier alpha value is -1.39. The quantitative estimate of drug-likeness (QED) is 0.886. The zero-order valence-electron chi connectivity index (χ0n) is 10.4. The molecule has 0 amide bonds. The van der Waals surface area contributed by atoms with Crippen LogP contribution in [-0.2, 0) is 13.0 Å². The van der Waals surface area contributed by atoms with Crippen LogP contribution in [0.5, 0.6) is 0 Å². The van der Waals surface area contributed by atoms with E-state index >= 15 is 0 Å². The molecule has 94 valence electrons. The minimum absolute atomic E-state index is 0.308. The normalized spacial score (nSPS) is 15.2. The molecule has 1 aromatic heterocycles. The number of fused-ring (bicyclic) bond motifs is 1. The molecule has 1 unspecified atom stereocenters. The van der Waals surface area contributed by atoms with Crippen molar-refractivity contribution < 1.29 is 0 Å². The van der Waals surface area contributed by atoms with E-state index in [0.717, 1.165) is 24.5 Å². The standard InChI is InChI=1S/C14H17N3S/c1-10(14-16-7-8-18-14)17-9-12-4-2-3-11-5-6-15-13(11)12/h2-4,7-8,10,15,17H,5-6,9H2,1H3. The third-order valence-corrected chi connectivity index (χ3v) is 4.31. The van der Waals surface area contributed by atoms with Crippen molar-refractivity contribution in [3.8, 4) is 0 Å². The maximum Gasteiger partial charge on any atom is 0.109 e. The summed E-state index contributed by atoms with van der Waals surface area (Å²) in [5, 5.41) is 10.2. The van der Waals surface area contributed by atoms with Gasteiger partial charge in [-0.2, -0.15) is 0 Å². The molecule has 18 heavy (non-hydrogen) atoms. The number of benzene rings is 1. The first-order valence-electron chi connectivity index (χ1n) is 6.32. The lowest BCUT2D eigenvalue weighted by Crippen LogP contribution is -2.18. The number of aromatic nitrogens is 1. The lowest BCUT2D eigenvalue weighted by Gasteiger charge is -2.13. The molecule has 1 atom stereocenters. The van der Waals surface area contributed by atoms with Gasteiger partial charge in [-0.15, -0.1) is 11.3 Å². The molecule has 0 bridgehead atoms. The topological polar surface area (TPSA) is 37.0 Å². The van der Waals surface area contributed by atoms with Crippen molar-refractivity contribution in [1.29, 1.82) is 0 Å². The van der Waals surface area contributed by atoms with Gasteiger partial charge in [-0.3, -0.25) is 0 Å². The molecular weight excluding hydrogens is 242 g/mol. The molecule has 1 aromatic carbocycles. The fourth-order valence-corrected chi connectivity index (χ4v) is 3.03. The Kier molecular flexibility index (Phi) is 3.30. The average molecular weight is 259 g/mol. The molecule has 0 radical (unpaired) electrons. The smallest absolute Gasteiger partial charge is 0.109 e. The highest BCUT2D eigenvalue weighted by atomic mass is 32.1. The molecule has 4 heteroatoms. The van der Waals surface area contributed by atoms with Crippen LogP contribution in [0, 0.1) is 0 Å². The molecule has 1 aliphatic rings. The Morgan fingerprint density at radius 1 is 1.50 bits per heavy atom. The number of para-hydroxylation sites is 1. The number of rotatable bonds is 4. The van der Waals surface area contributed by atoms with E-state index in [-0.39, 0.29) is 0 Å². The van der Waals surface area contributed by atoms with Gasteiger partial charge >= 0.3 is 0 Å². The molecule has 0 spiro atoms. The highest BCUT2D eigenvalue weighted by molar-refractivity contribution is 7.09. The summed E-state index contributed by atoms with van der Waals surface area (Å²) in [5.74, 6) is 0. The average Bonchev–Trinajstić information content (AvgIpc) is 3.05. The molecule has 3 nitrogen and oxygen atoms in total. The van der Waals surface area contributed by atoms with Crippen LogP contribution in [0.15, 0.2) is 29.8 Å².